The van der Waals surface area contributed by atoms with Crippen molar-refractivity contribution < 1.29 is 4.74 Å². The Kier molecular flexibility index (Phi) is 6.22. The minimum Gasteiger partial charge on any atom is -0.385 e. The summed E-state index contributed by atoms with van der Waals surface area (Å²) in [7, 11) is 1.78. The highest BCUT2D eigenvalue weighted by molar-refractivity contribution is 4.82. The lowest BCUT2D eigenvalue weighted by atomic mass is 10.1. The number of methoxy groups -OCH3 is 1. The van der Waals surface area contributed by atoms with E-state index in [0.29, 0.717) is 6.04 Å². The third-order valence-electron chi connectivity index (χ3n) is 3.47. The maximum absolute atomic E-state index is 5.57. The Morgan fingerprint density at radius 1 is 1.53 bits per heavy atom. The SMILES string of the molecule is COCCC(C)N1CCCC1CCCN. The Bertz CT molecular complexity index is 164. The molecule has 1 rings (SSSR count). The normalized spacial score (nSPS) is 24.6. The number of nitrogens with two attached hydrogens (primary N) is 1. The maximum atomic E-state index is 5.57. The number of hydrogen-bond acceptors (Lipinski definition) is 3. The van der Waals surface area contributed by atoms with Gasteiger partial charge >= 0.3 is 0 Å². The standard InChI is InChI=1S/C12H26N2O/c1-11(7-10-15-2)14-9-4-6-12(14)5-3-8-13/h11-12H,3-10,13H2,1-2H3. The zero-order valence-corrected chi connectivity index (χ0v) is 10.2. The van der Waals surface area contributed by atoms with Crippen molar-refractivity contribution in [3.8, 4) is 0 Å². The first-order valence-corrected chi connectivity index (χ1v) is 6.24. The van der Waals surface area contributed by atoms with Crippen LogP contribution in [0.1, 0.15) is 39.0 Å². The van der Waals surface area contributed by atoms with Crippen molar-refractivity contribution in [2.75, 3.05) is 26.8 Å². The number of ether oxygens (including phenoxy) is 1. The third-order valence-corrected chi connectivity index (χ3v) is 3.47. The van der Waals surface area contributed by atoms with Gasteiger partial charge in [-0.2, -0.15) is 0 Å². The van der Waals surface area contributed by atoms with Gasteiger partial charge in [-0.05, 0) is 52.1 Å². The fourth-order valence-corrected chi connectivity index (χ4v) is 2.56. The van der Waals surface area contributed by atoms with E-state index in [4.69, 9.17) is 10.5 Å². The van der Waals surface area contributed by atoms with E-state index >= 15 is 0 Å². The van der Waals surface area contributed by atoms with Gasteiger partial charge in [-0.3, -0.25) is 4.90 Å². The van der Waals surface area contributed by atoms with E-state index in [2.05, 4.69) is 11.8 Å². The second-order valence-corrected chi connectivity index (χ2v) is 4.60. The van der Waals surface area contributed by atoms with Crippen molar-refractivity contribution in [1.82, 2.24) is 4.90 Å². The Labute approximate surface area is 94.0 Å². The smallest absolute Gasteiger partial charge is 0.0477 e. The van der Waals surface area contributed by atoms with Crippen LogP contribution in [0.5, 0.6) is 0 Å². The molecule has 0 aliphatic carbocycles. The van der Waals surface area contributed by atoms with Crippen LogP contribution in [0.2, 0.25) is 0 Å². The van der Waals surface area contributed by atoms with Gasteiger partial charge in [0.1, 0.15) is 0 Å². The molecule has 15 heavy (non-hydrogen) atoms. The minimum atomic E-state index is 0.662. The summed E-state index contributed by atoms with van der Waals surface area (Å²) in [5.74, 6) is 0. The fourth-order valence-electron chi connectivity index (χ4n) is 2.56. The van der Waals surface area contributed by atoms with E-state index in [-0.39, 0.29) is 0 Å². The molecule has 0 saturated carbocycles. The summed E-state index contributed by atoms with van der Waals surface area (Å²) in [4.78, 5) is 2.65. The van der Waals surface area contributed by atoms with Crippen molar-refractivity contribution in [3.05, 3.63) is 0 Å². The van der Waals surface area contributed by atoms with Crippen molar-refractivity contribution >= 4 is 0 Å². The van der Waals surface area contributed by atoms with Gasteiger partial charge in [0.05, 0.1) is 0 Å². The van der Waals surface area contributed by atoms with Gasteiger partial charge < -0.3 is 10.5 Å². The van der Waals surface area contributed by atoms with Gasteiger partial charge in [0.15, 0.2) is 0 Å². The molecule has 0 spiro atoms. The monoisotopic (exact) mass is 214 g/mol. The number of nitrogens with zero attached hydrogens (tertiary/aromatic N) is 1. The van der Waals surface area contributed by atoms with Gasteiger partial charge in [0.2, 0.25) is 0 Å². The quantitative estimate of drug-likeness (QED) is 0.700. The third kappa shape index (κ3) is 4.09. The topological polar surface area (TPSA) is 38.5 Å². The van der Waals surface area contributed by atoms with Gasteiger partial charge in [-0.25, -0.2) is 0 Å². The molecule has 3 nitrogen and oxygen atoms in total. The van der Waals surface area contributed by atoms with Crippen LogP contribution in [0.25, 0.3) is 0 Å². The fraction of sp³-hybridized carbons (Fsp3) is 1.00. The number of likely N-dealkylation sites (tertiary alicyclic amines) is 1. The Morgan fingerprint density at radius 3 is 3.00 bits per heavy atom. The molecular formula is C12H26N2O. The summed E-state index contributed by atoms with van der Waals surface area (Å²) >= 11 is 0. The van der Waals surface area contributed by atoms with Crippen molar-refractivity contribution in [2.24, 2.45) is 5.73 Å². The van der Waals surface area contributed by atoms with Crippen LogP contribution in [0.15, 0.2) is 0 Å². The van der Waals surface area contributed by atoms with Crippen LogP contribution in [0.4, 0.5) is 0 Å². The largest absolute Gasteiger partial charge is 0.385 e. The molecule has 2 atom stereocenters. The van der Waals surface area contributed by atoms with Crippen molar-refractivity contribution in [2.45, 2.75) is 51.1 Å². The van der Waals surface area contributed by atoms with Crippen molar-refractivity contribution in [3.63, 3.8) is 0 Å². The first-order valence-electron chi connectivity index (χ1n) is 6.24. The lowest BCUT2D eigenvalue weighted by molar-refractivity contribution is 0.126. The average molecular weight is 214 g/mol. The molecule has 1 aliphatic rings. The van der Waals surface area contributed by atoms with Gasteiger partial charge in [0, 0.05) is 25.8 Å². The van der Waals surface area contributed by atoms with Gasteiger partial charge in [0.25, 0.3) is 0 Å². The first-order chi connectivity index (χ1) is 7.29. The molecule has 1 fully saturated rings. The van der Waals surface area contributed by atoms with Crippen LogP contribution < -0.4 is 5.73 Å². The second-order valence-electron chi connectivity index (χ2n) is 4.60. The van der Waals surface area contributed by atoms with Crippen LogP contribution in [0.3, 0.4) is 0 Å². The Balaban J connectivity index is 2.30. The van der Waals surface area contributed by atoms with Crippen molar-refractivity contribution in [1.29, 1.82) is 0 Å². The lowest BCUT2D eigenvalue weighted by Crippen LogP contribution is -2.38. The summed E-state index contributed by atoms with van der Waals surface area (Å²) in [6, 6.07) is 1.44. The molecule has 0 radical (unpaired) electrons. The molecule has 1 saturated heterocycles. The highest BCUT2D eigenvalue weighted by atomic mass is 16.5. The average Bonchev–Trinajstić information content (AvgIpc) is 2.71. The molecule has 3 heteroatoms. The van der Waals surface area contributed by atoms with Crippen LogP contribution in [-0.2, 0) is 4.74 Å². The number of rotatable bonds is 7. The zero-order valence-electron chi connectivity index (χ0n) is 10.2. The van der Waals surface area contributed by atoms with Gasteiger partial charge in [-0.15, -0.1) is 0 Å². The van der Waals surface area contributed by atoms with E-state index in [1.54, 1.807) is 7.11 Å². The Morgan fingerprint density at radius 2 is 2.33 bits per heavy atom. The van der Waals surface area contributed by atoms with E-state index in [0.717, 1.165) is 32.0 Å². The summed E-state index contributed by atoms with van der Waals surface area (Å²) in [6.45, 7) is 5.29. The molecular weight excluding hydrogens is 188 g/mol. The second kappa shape index (κ2) is 7.20. The molecule has 0 aromatic carbocycles. The Hall–Kier alpha value is -0.120. The molecule has 0 bridgehead atoms. The van der Waals surface area contributed by atoms with Crippen LogP contribution in [0, 0.1) is 0 Å². The molecule has 1 aliphatic heterocycles. The highest BCUT2D eigenvalue weighted by Gasteiger charge is 2.27. The molecule has 0 aromatic heterocycles. The number of hydrogen-bond donors (Lipinski definition) is 1. The van der Waals surface area contributed by atoms with E-state index in [9.17, 15) is 0 Å². The molecule has 0 aromatic rings. The highest BCUT2D eigenvalue weighted by Crippen LogP contribution is 2.24. The molecule has 2 N–H and O–H groups in total. The maximum Gasteiger partial charge on any atom is 0.0477 e. The summed E-state index contributed by atoms with van der Waals surface area (Å²) in [5, 5.41) is 0. The summed E-state index contributed by atoms with van der Waals surface area (Å²) < 4.78 is 5.14. The molecule has 2 unspecified atom stereocenters. The predicted octanol–water partition coefficient (Wildman–Crippen LogP) is 1.61. The minimum absolute atomic E-state index is 0.662. The van der Waals surface area contributed by atoms with E-state index in [1.807, 2.05) is 0 Å². The molecule has 1 heterocycles. The summed E-state index contributed by atoms with van der Waals surface area (Å²) in [6.07, 6.45) is 6.30. The lowest BCUT2D eigenvalue weighted by Gasteiger charge is -2.30. The van der Waals surface area contributed by atoms with E-state index < -0.39 is 0 Å². The van der Waals surface area contributed by atoms with Crippen LogP contribution >= 0.6 is 0 Å². The van der Waals surface area contributed by atoms with Gasteiger partial charge in [-0.1, -0.05) is 0 Å². The van der Waals surface area contributed by atoms with Crippen LogP contribution in [-0.4, -0.2) is 43.8 Å². The molecule has 90 valence electrons. The summed E-state index contributed by atoms with van der Waals surface area (Å²) in [5.41, 5.74) is 5.57. The predicted molar refractivity (Wildman–Crippen MR) is 64.0 cm³/mol. The zero-order chi connectivity index (χ0) is 11.1. The van der Waals surface area contributed by atoms with E-state index in [1.165, 1.54) is 25.8 Å². The first kappa shape index (κ1) is 12.9. The molecule has 0 amide bonds.